The zero-order chi connectivity index (χ0) is 20.6. The highest BCUT2D eigenvalue weighted by Crippen LogP contribution is 2.51. The first-order chi connectivity index (χ1) is 13.8. The molecule has 0 aromatic heterocycles. The summed E-state index contributed by atoms with van der Waals surface area (Å²) in [4.78, 5) is 0. The van der Waals surface area contributed by atoms with Crippen molar-refractivity contribution in [2.24, 2.45) is 35.5 Å². The van der Waals surface area contributed by atoms with E-state index < -0.39 is 17.8 Å². The summed E-state index contributed by atoms with van der Waals surface area (Å²) in [6.07, 6.45) is 16.7. The molecule has 0 aromatic rings. The van der Waals surface area contributed by atoms with Gasteiger partial charge in [-0.05, 0) is 106 Å². The minimum absolute atomic E-state index is 0.335. The quantitative estimate of drug-likeness (QED) is 0.410. The predicted octanol–water partition coefficient (Wildman–Crippen LogP) is 8.19. The molecule has 0 saturated heterocycles. The summed E-state index contributed by atoms with van der Waals surface area (Å²) in [5.74, 6) is -4.42. The minimum atomic E-state index is -4.05. The summed E-state index contributed by atoms with van der Waals surface area (Å²) < 4.78 is 55.9. The first-order valence-electron chi connectivity index (χ1n) is 11.9. The van der Waals surface area contributed by atoms with E-state index in [0.717, 1.165) is 42.6 Å². The predicted molar refractivity (Wildman–Crippen MR) is 109 cm³/mol. The van der Waals surface area contributed by atoms with Crippen LogP contribution >= 0.6 is 0 Å². The Morgan fingerprint density at radius 1 is 0.655 bits per heavy atom. The number of hydrogen-bond donors (Lipinski definition) is 0. The Hall–Kier alpha value is -0.800. The monoisotopic (exact) mass is 412 g/mol. The fourth-order valence-electron chi connectivity index (χ4n) is 6.81. The molecular formula is C25H36F4. The topological polar surface area (TPSA) is 0 Å². The van der Waals surface area contributed by atoms with Crippen molar-refractivity contribution in [3.63, 3.8) is 0 Å². The second kappa shape index (κ2) is 8.38. The number of rotatable bonds is 3. The van der Waals surface area contributed by atoms with E-state index in [1.165, 1.54) is 57.4 Å². The SMILES string of the molecule is CC1CCC(C2CCC(C3CCC(C4=CC=CC(F)(F)C4(F)F)CC3)CC2)CC1. The molecule has 4 aliphatic carbocycles. The van der Waals surface area contributed by atoms with E-state index in [1.807, 2.05) is 0 Å². The van der Waals surface area contributed by atoms with Crippen molar-refractivity contribution in [1.82, 2.24) is 0 Å². The van der Waals surface area contributed by atoms with E-state index in [0.29, 0.717) is 24.8 Å². The third-order valence-electron chi connectivity index (χ3n) is 8.78. The molecule has 0 radical (unpaired) electrons. The van der Waals surface area contributed by atoms with Crippen molar-refractivity contribution in [3.8, 4) is 0 Å². The highest BCUT2D eigenvalue weighted by atomic mass is 19.3. The highest BCUT2D eigenvalue weighted by Gasteiger charge is 2.59. The van der Waals surface area contributed by atoms with Crippen molar-refractivity contribution in [1.29, 1.82) is 0 Å². The van der Waals surface area contributed by atoms with E-state index in [2.05, 4.69) is 6.92 Å². The van der Waals surface area contributed by atoms with Crippen molar-refractivity contribution in [3.05, 3.63) is 23.8 Å². The number of alkyl halides is 4. The second-order valence-electron chi connectivity index (χ2n) is 10.5. The van der Waals surface area contributed by atoms with Crippen LogP contribution in [0.2, 0.25) is 0 Å². The van der Waals surface area contributed by atoms with Crippen LogP contribution in [-0.4, -0.2) is 11.8 Å². The van der Waals surface area contributed by atoms with Gasteiger partial charge in [0.05, 0.1) is 0 Å². The summed E-state index contributed by atoms with van der Waals surface area (Å²) in [7, 11) is 0. The lowest BCUT2D eigenvalue weighted by molar-refractivity contribution is -0.161. The van der Waals surface area contributed by atoms with Crippen molar-refractivity contribution < 1.29 is 17.6 Å². The molecule has 0 spiro atoms. The van der Waals surface area contributed by atoms with Crippen LogP contribution in [0.15, 0.2) is 23.8 Å². The van der Waals surface area contributed by atoms with Crippen LogP contribution in [0.4, 0.5) is 17.6 Å². The average molecular weight is 413 g/mol. The van der Waals surface area contributed by atoms with Gasteiger partial charge in [-0.1, -0.05) is 31.9 Å². The van der Waals surface area contributed by atoms with Gasteiger partial charge in [-0.3, -0.25) is 0 Å². The van der Waals surface area contributed by atoms with E-state index in [-0.39, 0.29) is 5.57 Å². The molecule has 164 valence electrons. The molecule has 0 aromatic carbocycles. The Morgan fingerprint density at radius 3 is 1.55 bits per heavy atom. The van der Waals surface area contributed by atoms with Crippen LogP contribution < -0.4 is 0 Å². The van der Waals surface area contributed by atoms with Gasteiger partial charge in [0.15, 0.2) is 0 Å². The molecule has 4 aliphatic rings. The molecule has 4 rings (SSSR count). The number of halogens is 4. The average Bonchev–Trinajstić information content (AvgIpc) is 2.71. The van der Waals surface area contributed by atoms with Gasteiger partial charge >= 0.3 is 11.8 Å². The normalized spacial score (nSPS) is 42.3. The van der Waals surface area contributed by atoms with Crippen LogP contribution in [0.3, 0.4) is 0 Å². The summed E-state index contributed by atoms with van der Waals surface area (Å²) >= 11 is 0. The molecule has 0 bridgehead atoms. The van der Waals surface area contributed by atoms with Crippen LogP contribution in [0, 0.1) is 35.5 Å². The van der Waals surface area contributed by atoms with Gasteiger partial charge in [0, 0.05) is 5.57 Å². The number of allylic oxidation sites excluding steroid dienone is 4. The summed E-state index contributed by atoms with van der Waals surface area (Å²) in [6, 6.07) is 0. The maximum absolute atomic E-state index is 14.3. The van der Waals surface area contributed by atoms with Gasteiger partial charge in [0.1, 0.15) is 0 Å². The molecular weight excluding hydrogens is 376 g/mol. The number of hydrogen-bond acceptors (Lipinski definition) is 0. The largest absolute Gasteiger partial charge is 0.335 e. The Bertz CT molecular complexity index is 611. The Kier molecular flexibility index (Phi) is 6.19. The molecule has 3 saturated carbocycles. The molecule has 0 N–H and O–H groups in total. The smallest absolute Gasteiger partial charge is 0.195 e. The summed E-state index contributed by atoms with van der Waals surface area (Å²) in [5.41, 5.74) is -0.335. The summed E-state index contributed by atoms with van der Waals surface area (Å²) in [6.45, 7) is 2.38. The molecule has 0 aliphatic heterocycles. The van der Waals surface area contributed by atoms with Gasteiger partial charge in [-0.2, -0.15) is 17.6 Å². The van der Waals surface area contributed by atoms with Gasteiger partial charge in [0.2, 0.25) is 0 Å². The zero-order valence-corrected chi connectivity index (χ0v) is 17.7. The molecule has 0 nitrogen and oxygen atoms in total. The first-order valence-corrected chi connectivity index (χ1v) is 11.9. The van der Waals surface area contributed by atoms with Crippen molar-refractivity contribution >= 4 is 0 Å². The molecule has 3 fully saturated rings. The third-order valence-corrected chi connectivity index (χ3v) is 8.78. The lowest BCUT2D eigenvalue weighted by atomic mass is 9.64. The maximum Gasteiger partial charge on any atom is 0.335 e. The molecule has 0 atom stereocenters. The fraction of sp³-hybridized carbons (Fsp3) is 0.840. The molecule has 29 heavy (non-hydrogen) atoms. The zero-order valence-electron chi connectivity index (χ0n) is 17.7. The molecule has 0 unspecified atom stereocenters. The van der Waals surface area contributed by atoms with Crippen LogP contribution in [0.1, 0.15) is 84.0 Å². The Balaban J connectivity index is 1.27. The van der Waals surface area contributed by atoms with E-state index >= 15 is 0 Å². The van der Waals surface area contributed by atoms with Gasteiger partial charge < -0.3 is 0 Å². The van der Waals surface area contributed by atoms with Crippen molar-refractivity contribution in [2.75, 3.05) is 0 Å². The van der Waals surface area contributed by atoms with Gasteiger partial charge in [-0.25, -0.2) is 0 Å². The third kappa shape index (κ3) is 4.32. The molecule has 0 heterocycles. The molecule has 0 amide bonds. The van der Waals surface area contributed by atoms with E-state index in [9.17, 15) is 17.6 Å². The van der Waals surface area contributed by atoms with Crippen LogP contribution in [0.25, 0.3) is 0 Å². The van der Waals surface area contributed by atoms with Gasteiger partial charge in [-0.15, -0.1) is 0 Å². The standard InChI is InChI=1S/C25H36F4/c1-17-4-6-18(7-5-17)19-8-10-20(11-9-19)21-12-14-22(15-13-21)23-3-2-16-24(26,27)25(23,28)29/h2-3,16-22H,4-15H2,1H3. The lowest BCUT2D eigenvalue weighted by Crippen LogP contribution is -2.44. The maximum atomic E-state index is 14.3. The Morgan fingerprint density at radius 2 is 1.07 bits per heavy atom. The van der Waals surface area contributed by atoms with Gasteiger partial charge in [0.25, 0.3) is 0 Å². The van der Waals surface area contributed by atoms with Crippen molar-refractivity contribution in [2.45, 2.75) is 95.8 Å². The Labute approximate surface area is 173 Å². The molecule has 4 heteroatoms. The van der Waals surface area contributed by atoms with Crippen LogP contribution in [-0.2, 0) is 0 Å². The fourth-order valence-corrected chi connectivity index (χ4v) is 6.81. The van der Waals surface area contributed by atoms with E-state index in [4.69, 9.17) is 0 Å². The summed E-state index contributed by atoms with van der Waals surface area (Å²) in [5, 5.41) is 0. The van der Waals surface area contributed by atoms with Crippen LogP contribution in [0.5, 0.6) is 0 Å². The lowest BCUT2D eigenvalue weighted by Gasteiger charge is -2.42. The first kappa shape index (κ1) is 21.4. The second-order valence-corrected chi connectivity index (χ2v) is 10.5. The van der Waals surface area contributed by atoms with E-state index in [1.54, 1.807) is 0 Å². The highest BCUT2D eigenvalue weighted by molar-refractivity contribution is 5.33. The minimum Gasteiger partial charge on any atom is -0.195 e.